The number of nitrogens with zero attached hydrogens (tertiary/aromatic N) is 1. The van der Waals surface area contributed by atoms with Gasteiger partial charge in [0.25, 0.3) is 5.91 Å². The second-order valence-electron chi connectivity index (χ2n) is 5.84. The van der Waals surface area contributed by atoms with Crippen LogP contribution in [0.2, 0.25) is 5.02 Å². The van der Waals surface area contributed by atoms with E-state index in [1.165, 1.54) is 0 Å². The zero-order valence-corrected chi connectivity index (χ0v) is 14.9. The minimum atomic E-state index is -0.164. The summed E-state index contributed by atoms with van der Waals surface area (Å²) in [6.45, 7) is 4.89. The zero-order valence-electron chi connectivity index (χ0n) is 14.1. The molecule has 1 aromatic carbocycles. The molecular formula is C18H22ClN3O2. The Hall–Kier alpha value is -2.27. The van der Waals surface area contributed by atoms with Crippen LogP contribution in [0.15, 0.2) is 36.5 Å². The first-order chi connectivity index (χ1) is 11.5. The van der Waals surface area contributed by atoms with E-state index < -0.39 is 0 Å². The lowest BCUT2D eigenvalue weighted by molar-refractivity contribution is 0.0947. The van der Waals surface area contributed by atoms with Gasteiger partial charge in [-0.2, -0.15) is 0 Å². The molecule has 0 atom stereocenters. The molecule has 1 aromatic heterocycles. The van der Waals surface area contributed by atoms with Crippen LogP contribution in [0.1, 0.15) is 30.8 Å². The number of hydrogen-bond acceptors (Lipinski definition) is 4. The molecule has 2 rings (SSSR count). The number of hydrogen-bond donors (Lipinski definition) is 2. The minimum Gasteiger partial charge on any atom is -0.495 e. The number of halogens is 1. The smallest absolute Gasteiger partial charge is 0.269 e. The van der Waals surface area contributed by atoms with E-state index in [-0.39, 0.29) is 5.91 Å². The first kappa shape index (κ1) is 18.1. The average molecular weight is 348 g/mol. The largest absolute Gasteiger partial charge is 0.495 e. The molecule has 0 bridgehead atoms. The summed E-state index contributed by atoms with van der Waals surface area (Å²) in [6, 6.07) is 8.80. The fourth-order valence-electron chi connectivity index (χ4n) is 2.10. The molecule has 0 saturated heterocycles. The maximum Gasteiger partial charge on any atom is 0.269 e. The number of anilines is 2. The van der Waals surface area contributed by atoms with E-state index in [2.05, 4.69) is 29.5 Å². The van der Waals surface area contributed by atoms with Gasteiger partial charge in [0, 0.05) is 11.6 Å². The average Bonchev–Trinajstić information content (AvgIpc) is 2.55. The second-order valence-corrected chi connectivity index (χ2v) is 6.28. The van der Waals surface area contributed by atoms with E-state index in [1.807, 2.05) is 0 Å². The Morgan fingerprint density at radius 1 is 1.29 bits per heavy atom. The maximum atomic E-state index is 12.0. The van der Waals surface area contributed by atoms with Gasteiger partial charge in [-0.05, 0) is 42.7 Å². The van der Waals surface area contributed by atoms with Crippen LogP contribution in [-0.4, -0.2) is 24.5 Å². The molecule has 0 aliphatic heterocycles. The van der Waals surface area contributed by atoms with Gasteiger partial charge in [0.05, 0.1) is 24.7 Å². The summed E-state index contributed by atoms with van der Waals surface area (Å²) in [5, 5.41) is 6.65. The Kier molecular flexibility index (Phi) is 6.44. The van der Waals surface area contributed by atoms with Crippen LogP contribution in [-0.2, 0) is 0 Å². The van der Waals surface area contributed by atoms with Crippen molar-refractivity contribution in [1.82, 2.24) is 10.3 Å². The van der Waals surface area contributed by atoms with Crippen LogP contribution < -0.4 is 15.4 Å². The third-order valence-electron chi connectivity index (χ3n) is 3.44. The van der Waals surface area contributed by atoms with Crippen molar-refractivity contribution >= 4 is 28.9 Å². The van der Waals surface area contributed by atoms with Gasteiger partial charge in [0.2, 0.25) is 0 Å². The van der Waals surface area contributed by atoms with Crippen LogP contribution in [0.3, 0.4) is 0 Å². The highest BCUT2D eigenvalue weighted by Crippen LogP contribution is 2.30. The molecule has 1 amide bonds. The highest BCUT2D eigenvalue weighted by Gasteiger charge is 2.08. The number of carbonyl (C=O) groups is 1. The Labute approximate surface area is 147 Å². The highest BCUT2D eigenvalue weighted by atomic mass is 35.5. The van der Waals surface area contributed by atoms with Crippen molar-refractivity contribution in [2.24, 2.45) is 5.92 Å². The Morgan fingerprint density at radius 2 is 2.08 bits per heavy atom. The van der Waals surface area contributed by atoms with Crippen molar-refractivity contribution < 1.29 is 9.53 Å². The molecule has 2 aromatic rings. The number of ether oxygens (including phenoxy) is 1. The van der Waals surface area contributed by atoms with E-state index in [9.17, 15) is 4.79 Å². The van der Waals surface area contributed by atoms with Gasteiger partial charge in [0.15, 0.2) is 0 Å². The molecule has 0 fully saturated rings. The number of pyridine rings is 1. The van der Waals surface area contributed by atoms with Crippen LogP contribution in [0.25, 0.3) is 0 Å². The van der Waals surface area contributed by atoms with E-state index in [4.69, 9.17) is 16.3 Å². The monoisotopic (exact) mass is 347 g/mol. The number of amides is 1. The number of benzene rings is 1. The molecular weight excluding hydrogens is 326 g/mol. The summed E-state index contributed by atoms with van der Waals surface area (Å²) < 4.78 is 5.29. The van der Waals surface area contributed by atoms with Crippen LogP contribution in [0.4, 0.5) is 11.4 Å². The molecule has 0 saturated carbocycles. The summed E-state index contributed by atoms with van der Waals surface area (Å²) in [4.78, 5) is 16.2. The topological polar surface area (TPSA) is 63.2 Å². The predicted molar refractivity (Wildman–Crippen MR) is 97.3 cm³/mol. The molecule has 1 heterocycles. The number of aromatic nitrogens is 1. The number of carbonyl (C=O) groups excluding carboxylic acids is 1. The van der Waals surface area contributed by atoms with Gasteiger partial charge in [-0.15, -0.1) is 0 Å². The lowest BCUT2D eigenvalue weighted by Gasteiger charge is -2.12. The minimum absolute atomic E-state index is 0.164. The lowest BCUT2D eigenvalue weighted by Crippen LogP contribution is -2.26. The second kappa shape index (κ2) is 8.55. The fraction of sp³-hybridized carbons (Fsp3) is 0.333. The van der Waals surface area contributed by atoms with Gasteiger partial charge in [-0.1, -0.05) is 25.4 Å². The van der Waals surface area contributed by atoms with E-state index in [1.54, 1.807) is 43.6 Å². The van der Waals surface area contributed by atoms with Crippen molar-refractivity contribution in [3.63, 3.8) is 0 Å². The summed E-state index contributed by atoms with van der Waals surface area (Å²) in [6.07, 6.45) is 2.55. The Bertz CT molecular complexity index is 687. The molecule has 2 N–H and O–H groups in total. The molecule has 6 heteroatoms. The maximum absolute atomic E-state index is 12.0. The number of nitrogens with one attached hydrogen (secondary N) is 2. The quantitative estimate of drug-likeness (QED) is 0.785. The Balaban J connectivity index is 2.02. The first-order valence-electron chi connectivity index (χ1n) is 7.84. The molecule has 5 nitrogen and oxygen atoms in total. The van der Waals surface area contributed by atoms with E-state index in [0.29, 0.717) is 28.9 Å². The normalized spacial score (nSPS) is 10.5. The van der Waals surface area contributed by atoms with Crippen LogP contribution >= 0.6 is 11.6 Å². The van der Waals surface area contributed by atoms with Gasteiger partial charge in [-0.25, -0.2) is 4.98 Å². The molecule has 24 heavy (non-hydrogen) atoms. The number of rotatable bonds is 7. The first-order valence-corrected chi connectivity index (χ1v) is 8.22. The third-order valence-corrected chi connectivity index (χ3v) is 3.68. The molecule has 0 aliphatic carbocycles. The molecule has 0 aliphatic rings. The predicted octanol–water partition coefficient (Wildman–Crippen LogP) is 4.26. The molecule has 0 spiro atoms. The lowest BCUT2D eigenvalue weighted by atomic mass is 10.1. The molecule has 0 unspecified atom stereocenters. The van der Waals surface area contributed by atoms with Gasteiger partial charge < -0.3 is 15.4 Å². The van der Waals surface area contributed by atoms with E-state index >= 15 is 0 Å². The summed E-state index contributed by atoms with van der Waals surface area (Å²) >= 11 is 6.01. The molecule has 128 valence electrons. The van der Waals surface area contributed by atoms with Gasteiger partial charge >= 0.3 is 0 Å². The van der Waals surface area contributed by atoms with Crippen molar-refractivity contribution in [3.8, 4) is 5.75 Å². The standard InChI is InChI=1S/C18H22ClN3O2/c1-12(2)8-9-20-18(23)15-6-5-14(11-21-15)22-16-10-13(19)4-7-17(16)24-3/h4-7,10-12,22H,8-9H2,1-3H3,(H,20,23). The fourth-order valence-corrected chi connectivity index (χ4v) is 2.27. The van der Waals surface area contributed by atoms with Crippen molar-refractivity contribution in [2.75, 3.05) is 19.0 Å². The third kappa shape index (κ3) is 5.13. The summed E-state index contributed by atoms with van der Waals surface area (Å²) in [5.41, 5.74) is 1.87. The summed E-state index contributed by atoms with van der Waals surface area (Å²) in [5.74, 6) is 1.06. The van der Waals surface area contributed by atoms with Gasteiger partial charge in [-0.3, -0.25) is 4.79 Å². The molecule has 0 radical (unpaired) electrons. The highest BCUT2D eigenvalue weighted by molar-refractivity contribution is 6.31. The zero-order chi connectivity index (χ0) is 17.5. The van der Waals surface area contributed by atoms with Crippen molar-refractivity contribution in [1.29, 1.82) is 0 Å². The van der Waals surface area contributed by atoms with Crippen molar-refractivity contribution in [3.05, 3.63) is 47.2 Å². The van der Waals surface area contributed by atoms with E-state index in [0.717, 1.165) is 17.8 Å². The SMILES string of the molecule is COc1ccc(Cl)cc1Nc1ccc(C(=O)NCCC(C)C)nc1. The van der Waals surface area contributed by atoms with Crippen LogP contribution in [0, 0.1) is 5.92 Å². The summed E-state index contributed by atoms with van der Waals surface area (Å²) in [7, 11) is 1.59. The van der Waals surface area contributed by atoms with Gasteiger partial charge in [0.1, 0.15) is 11.4 Å². The van der Waals surface area contributed by atoms with Crippen LogP contribution in [0.5, 0.6) is 5.75 Å². The van der Waals surface area contributed by atoms with Crippen molar-refractivity contribution in [2.45, 2.75) is 20.3 Å². The Morgan fingerprint density at radius 3 is 2.71 bits per heavy atom. The number of methoxy groups -OCH3 is 1.